The van der Waals surface area contributed by atoms with E-state index in [2.05, 4.69) is 17.6 Å². The minimum Gasteiger partial charge on any atom is -0.490 e. The summed E-state index contributed by atoms with van der Waals surface area (Å²) < 4.78 is 23.9. The van der Waals surface area contributed by atoms with Crippen LogP contribution < -0.4 is 20.1 Å². The maximum atomic E-state index is 12.2. The molecule has 1 fully saturated rings. The van der Waals surface area contributed by atoms with E-state index in [1.165, 1.54) is 0 Å². The number of fused-ring (bicyclic) bond motifs is 1. The predicted molar refractivity (Wildman–Crippen MR) is 115 cm³/mol. The van der Waals surface area contributed by atoms with Crippen molar-refractivity contribution in [1.29, 1.82) is 0 Å². The summed E-state index contributed by atoms with van der Waals surface area (Å²) in [7, 11) is -0.720. The highest BCUT2D eigenvalue weighted by Gasteiger charge is 2.26. The molecule has 0 saturated heterocycles. The van der Waals surface area contributed by atoms with Gasteiger partial charge in [-0.05, 0) is 32.3 Å². The van der Waals surface area contributed by atoms with E-state index in [1.54, 1.807) is 0 Å². The van der Waals surface area contributed by atoms with E-state index < -0.39 is 10.8 Å². The van der Waals surface area contributed by atoms with Crippen LogP contribution in [0.4, 0.5) is 0 Å². The molecule has 1 aliphatic heterocycles. The van der Waals surface area contributed by atoms with Crippen LogP contribution in [0.3, 0.4) is 0 Å². The van der Waals surface area contributed by atoms with Crippen LogP contribution in [0.1, 0.15) is 51.5 Å². The highest BCUT2D eigenvalue weighted by atomic mass is 32.2. The molecule has 0 bridgehead atoms. The molecule has 0 radical (unpaired) electrons. The quantitative estimate of drug-likeness (QED) is 0.560. The molecule has 0 amide bonds. The molecule has 2 aliphatic rings. The van der Waals surface area contributed by atoms with Crippen LogP contribution in [0, 0.1) is 0 Å². The van der Waals surface area contributed by atoms with Crippen molar-refractivity contribution in [3.8, 4) is 11.5 Å². The van der Waals surface area contributed by atoms with Crippen molar-refractivity contribution >= 4 is 16.8 Å². The normalized spacial score (nSPS) is 23.6. The Morgan fingerprint density at radius 1 is 1.21 bits per heavy atom. The molecule has 1 aliphatic carbocycles. The molecule has 3 atom stereocenters. The molecule has 1 aromatic rings. The van der Waals surface area contributed by atoms with E-state index in [4.69, 9.17) is 14.5 Å². The van der Waals surface area contributed by atoms with Gasteiger partial charge in [-0.15, -0.1) is 0 Å². The van der Waals surface area contributed by atoms with E-state index in [0.29, 0.717) is 31.1 Å². The lowest BCUT2D eigenvalue weighted by molar-refractivity contribution is 0.296. The zero-order valence-electron chi connectivity index (χ0n) is 17.0. The second-order valence-corrected chi connectivity index (χ2v) is 9.29. The number of nitrogens with zero attached hydrogens (tertiary/aromatic N) is 1. The Morgan fingerprint density at radius 3 is 2.89 bits per heavy atom. The number of aliphatic imine (C=N–C) groups is 1. The number of guanidine groups is 1. The van der Waals surface area contributed by atoms with Crippen molar-refractivity contribution in [2.24, 2.45) is 4.99 Å². The van der Waals surface area contributed by atoms with Crippen LogP contribution in [-0.4, -0.2) is 47.0 Å². The molecule has 1 heterocycles. The topological polar surface area (TPSA) is 72.0 Å². The molecule has 0 spiro atoms. The van der Waals surface area contributed by atoms with Gasteiger partial charge in [0.05, 0.1) is 19.8 Å². The summed E-state index contributed by atoms with van der Waals surface area (Å²) in [5, 5.41) is 7.20. The summed E-state index contributed by atoms with van der Waals surface area (Å²) in [6.07, 6.45) is 5.12. The molecular weight excluding hydrogens is 374 g/mol. The first-order valence-electron chi connectivity index (χ1n) is 10.5. The molecule has 3 unspecified atom stereocenters. The summed E-state index contributed by atoms with van der Waals surface area (Å²) >= 11 is 0. The molecule has 28 heavy (non-hydrogen) atoms. The van der Waals surface area contributed by atoms with E-state index >= 15 is 0 Å². The van der Waals surface area contributed by atoms with Gasteiger partial charge in [0.1, 0.15) is 0 Å². The maximum absolute atomic E-state index is 12.2. The monoisotopic (exact) mass is 407 g/mol. The smallest absolute Gasteiger partial charge is 0.191 e. The van der Waals surface area contributed by atoms with E-state index in [-0.39, 0.29) is 0 Å². The Balaban J connectivity index is 1.67. The van der Waals surface area contributed by atoms with Crippen LogP contribution in [0.15, 0.2) is 23.2 Å². The van der Waals surface area contributed by atoms with Gasteiger partial charge >= 0.3 is 0 Å². The van der Waals surface area contributed by atoms with Crippen LogP contribution in [0.5, 0.6) is 11.5 Å². The predicted octanol–water partition coefficient (Wildman–Crippen LogP) is 2.98. The third-order valence-corrected chi connectivity index (χ3v) is 6.97. The van der Waals surface area contributed by atoms with Crippen LogP contribution in [0.25, 0.3) is 0 Å². The van der Waals surface area contributed by atoms with Gasteiger partial charge in [0.25, 0.3) is 0 Å². The molecule has 3 rings (SSSR count). The highest BCUT2D eigenvalue weighted by molar-refractivity contribution is 7.85. The van der Waals surface area contributed by atoms with Crippen molar-refractivity contribution in [2.75, 3.05) is 25.5 Å². The van der Waals surface area contributed by atoms with Gasteiger partial charge < -0.3 is 20.1 Å². The molecular formula is C21H33N3O3S. The van der Waals surface area contributed by atoms with Crippen molar-refractivity contribution in [3.05, 3.63) is 23.8 Å². The van der Waals surface area contributed by atoms with E-state index in [1.807, 2.05) is 25.1 Å². The van der Waals surface area contributed by atoms with Gasteiger partial charge in [-0.2, -0.15) is 0 Å². The molecule has 1 saturated carbocycles. The SMILES string of the molecule is CCNC(=NCc1cccc2c1OCCCO2)NC1CCCC(S(=O)CC)C1. The number of hydrogen-bond donors (Lipinski definition) is 2. The minimum atomic E-state index is -0.720. The third-order valence-electron chi connectivity index (χ3n) is 5.23. The van der Waals surface area contributed by atoms with Crippen molar-refractivity contribution in [1.82, 2.24) is 10.6 Å². The zero-order chi connectivity index (χ0) is 19.8. The van der Waals surface area contributed by atoms with Crippen LogP contribution in [-0.2, 0) is 17.3 Å². The average Bonchev–Trinajstić information content (AvgIpc) is 2.97. The molecule has 2 N–H and O–H groups in total. The third kappa shape index (κ3) is 5.63. The lowest BCUT2D eigenvalue weighted by atomic mass is 9.95. The number of nitrogens with one attached hydrogen (secondary N) is 2. The summed E-state index contributed by atoms with van der Waals surface area (Å²) in [6, 6.07) is 6.30. The van der Waals surface area contributed by atoms with Crippen molar-refractivity contribution in [3.63, 3.8) is 0 Å². The first kappa shape index (κ1) is 21.0. The van der Waals surface area contributed by atoms with Gasteiger partial charge in [0.2, 0.25) is 0 Å². The standard InChI is InChI=1S/C21H33N3O3S/c1-3-22-21(24-17-9-6-10-18(14-17)28(25)4-2)23-15-16-8-5-11-19-20(16)27-13-7-12-26-19/h5,8,11,17-18H,3-4,6-7,9-10,12-15H2,1-2H3,(H2,22,23,24). The molecule has 0 aromatic heterocycles. The molecule has 7 heteroatoms. The van der Waals surface area contributed by atoms with Gasteiger partial charge in [-0.25, -0.2) is 4.99 Å². The van der Waals surface area contributed by atoms with Crippen molar-refractivity contribution in [2.45, 2.75) is 63.8 Å². The summed E-state index contributed by atoms with van der Waals surface area (Å²) in [5.74, 6) is 3.17. The number of ether oxygens (including phenoxy) is 2. The van der Waals surface area contributed by atoms with Crippen LogP contribution in [0.2, 0.25) is 0 Å². The Labute approximate surface area is 170 Å². The Hall–Kier alpha value is -1.76. The average molecular weight is 408 g/mol. The number of hydrogen-bond acceptors (Lipinski definition) is 4. The summed E-state index contributed by atoms with van der Waals surface area (Å²) in [4.78, 5) is 4.79. The Morgan fingerprint density at radius 2 is 2.07 bits per heavy atom. The second-order valence-electron chi connectivity index (χ2n) is 7.29. The Kier molecular flexibility index (Phi) is 8.01. The second kappa shape index (κ2) is 10.7. The Bertz CT molecular complexity index is 695. The van der Waals surface area contributed by atoms with Gasteiger partial charge in [0.15, 0.2) is 17.5 Å². The van der Waals surface area contributed by atoms with Crippen LogP contribution >= 0.6 is 0 Å². The minimum absolute atomic E-state index is 0.301. The number of benzene rings is 1. The van der Waals surface area contributed by atoms with E-state index in [9.17, 15) is 4.21 Å². The largest absolute Gasteiger partial charge is 0.490 e. The zero-order valence-corrected chi connectivity index (χ0v) is 17.9. The molecule has 6 nitrogen and oxygen atoms in total. The summed E-state index contributed by atoms with van der Waals surface area (Å²) in [5.41, 5.74) is 1.03. The summed E-state index contributed by atoms with van der Waals surface area (Å²) in [6.45, 7) is 6.76. The van der Waals surface area contributed by atoms with Gasteiger partial charge in [-0.3, -0.25) is 4.21 Å². The van der Waals surface area contributed by atoms with E-state index in [0.717, 1.165) is 67.4 Å². The fourth-order valence-electron chi connectivity index (χ4n) is 3.81. The van der Waals surface area contributed by atoms with Gasteiger partial charge in [-0.1, -0.05) is 25.5 Å². The molecule has 156 valence electrons. The highest BCUT2D eigenvalue weighted by Crippen LogP contribution is 2.33. The van der Waals surface area contributed by atoms with Gasteiger partial charge in [0, 0.05) is 46.4 Å². The first-order chi connectivity index (χ1) is 13.7. The number of rotatable bonds is 6. The van der Waals surface area contributed by atoms with Crippen molar-refractivity contribution < 1.29 is 13.7 Å². The maximum Gasteiger partial charge on any atom is 0.191 e. The number of para-hydroxylation sites is 1. The fraction of sp³-hybridized carbons (Fsp3) is 0.667. The fourth-order valence-corrected chi connectivity index (χ4v) is 5.15. The lowest BCUT2D eigenvalue weighted by Gasteiger charge is -2.30. The first-order valence-corrected chi connectivity index (χ1v) is 11.9. The molecule has 1 aromatic carbocycles. The lowest BCUT2D eigenvalue weighted by Crippen LogP contribution is -2.46.